The van der Waals surface area contributed by atoms with Crippen molar-refractivity contribution in [3.63, 3.8) is 0 Å². The summed E-state index contributed by atoms with van der Waals surface area (Å²) in [6, 6.07) is 15.6. The number of nitrogens with one attached hydrogen (secondary N) is 1. The Bertz CT molecular complexity index is 1380. The molecule has 0 saturated heterocycles. The maximum Gasteiger partial charge on any atom is 0.277 e. The van der Waals surface area contributed by atoms with E-state index in [4.69, 9.17) is 4.42 Å². The van der Waals surface area contributed by atoms with Crippen LogP contribution in [0.5, 0.6) is 0 Å². The number of fused-ring (bicyclic) bond motifs is 2. The van der Waals surface area contributed by atoms with Crippen LogP contribution in [-0.4, -0.2) is 31.8 Å². The Morgan fingerprint density at radius 1 is 1.13 bits per heavy atom. The maximum atomic E-state index is 12.3. The van der Waals surface area contributed by atoms with E-state index in [2.05, 4.69) is 48.1 Å². The second-order valence-electron chi connectivity index (χ2n) is 6.25. The maximum absolute atomic E-state index is 12.3. The molecule has 0 unspecified atom stereocenters. The van der Waals surface area contributed by atoms with E-state index in [0.29, 0.717) is 16.2 Å². The minimum Gasteiger partial charge on any atom is -0.411 e. The Kier molecular flexibility index (Phi) is 5.35. The number of halogens is 1. The van der Waals surface area contributed by atoms with Crippen LogP contribution in [0.25, 0.3) is 32.6 Å². The molecule has 3 aromatic heterocycles. The fraction of sp³-hybridized carbons (Fsp3) is 0.0500. The van der Waals surface area contributed by atoms with Crippen LogP contribution in [-0.2, 0) is 4.79 Å². The number of hydrogen-bond donors (Lipinski definition) is 1. The number of pyridine rings is 1. The average molecular weight is 545 g/mol. The van der Waals surface area contributed by atoms with Crippen LogP contribution < -0.4 is 5.32 Å². The van der Waals surface area contributed by atoms with Gasteiger partial charge in [-0.05, 0) is 65.1 Å². The molecule has 0 aliphatic heterocycles. The fourth-order valence-corrected chi connectivity index (χ4v) is 5.01. The van der Waals surface area contributed by atoms with Crippen LogP contribution >= 0.6 is 45.7 Å². The Morgan fingerprint density at radius 3 is 2.97 bits per heavy atom. The van der Waals surface area contributed by atoms with Crippen molar-refractivity contribution < 1.29 is 9.21 Å². The normalized spacial score (nSPS) is 11.2. The zero-order valence-corrected chi connectivity index (χ0v) is 19.0. The number of aromatic nitrogens is 4. The second kappa shape index (κ2) is 8.28. The molecule has 0 atom stereocenters. The topological polar surface area (TPSA) is 93.8 Å². The van der Waals surface area contributed by atoms with Crippen molar-refractivity contribution >= 4 is 77.8 Å². The molecule has 1 N–H and O–H groups in total. The third-order valence-corrected chi connectivity index (χ3v) is 6.60. The van der Waals surface area contributed by atoms with Gasteiger partial charge in [0.25, 0.3) is 5.22 Å². The lowest BCUT2D eigenvalue weighted by molar-refractivity contribution is -0.113. The molecule has 0 fully saturated rings. The summed E-state index contributed by atoms with van der Waals surface area (Å²) in [7, 11) is 0. The smallest absolute Gasteiger partial charge is 0.277 e. The molecule has 10 heteroatoms. The minimum atomic E-state index is -0.176. The summed E-state index contributed by atoms with van der Waals surface area (Å²) in [4.78, 5) is 21.0. The highest BCUT2D eigenvalue weighted by Crippen LogP contribution is 2.28. The third kappa shape index (κ3) is 4.16. The molecule has 148 valence electrons. The molecule has 0 saturated carbocycles. The van der Waals surface area contributed by atoms with Crippen LogP contribution in [0.1, 0.15) is 0 Å². The molecular formula is C20H12IN5O2S2. The molecule has 0 aliphatic carbocycles. The Labute approximate surface area is 192 Å². The summed E-state index contributed by atoms with van der Waals surface area (Å²) >= 11 is 4.89. The Hall–Kier alpha value is -2.57. The van der Waals surface area contributed by atoms with E-state index in [9.17, 15) is 4.79 Å². The van der Waals surface area contributed by atoms with E-state index < -0.39 is 0 Å². The molecule has 0 spiro atoms. The number of carbonyl (C=O) groups is 1. The van der Waals surface area contributed by atoms with Gasteiger partial charge in [0.2, 0.25) is 11.8 Å². The number of carbonyl (C=O) groups excluding carboxylic acids is 1. The van der Waals surface area contributed by atoms with Crippen LogP contribution in [0.4, 0.5) is 5.13 Å². The number of benzene rings is 2. The second-order valence-corrected chi connectivity index (χ2v) is 9.45. The predicted molar refractivity (Wildman–Crippen MR) is 127 cm³/mol. The molecule has 7 nitrogen and oxygen atoms in total. The quantitative estimate of drug-likeness (QED) is 0.239. The van der Waals surface area contributed by atoms with Gasteiger partial charge in [0.1, 0.15) is 0 Å². The van der Waals surface area contributed by atoms with Crippen molar-refractivity contribution in [3.8, 4) is 11.5 Å². The molecule has 5 aromatic rings. The number of nitrogens with zero attached hydrogens (tertiary/aromatic N) is 4. The summed E-state index contributed by atoms with van der Waals surface area (Å²) in [6.45, 7) is 0. The van der Waals surface area contributed by atoms with Gasteiger partial charge in [-0.25, -0.2) is 4.98 Å². The molecule has 1 amide bonds. The molecule has 5 rings (SSSR count). The minimum absolute atomic E-state index is 0.150. The van der Waals surface area contributed by atoms with Gasteiger partial charge in [0.05, 0.1) is 21.5 Å². The number of amides is 1. The van der Waals surface area contributed by atoms with Crippen LogP contribution in [0, 0.1) is 3.57 Å². The van der Waals surface area contributed by atoms with Gasteiger partial charge >= 0.3 is 0 Å². The van der Waals surface area contributed by atoms with Gasteiger partial charge in [-0.1, -0.05) is 29.2 Å². The van der Waals surface area contributed by atoms with E-state index in [1.54, 1.807) is 6.20 Å². The predicted octanol–water partition coefficient (Wildman–Crippen LogP) is 5.23. The monoisotopic (exact) mass is 545 g/mol. The number of anilines is 1. The fourth-order valence-electron chi connectivity index (χ4n) is 2.83. The Morgan fingerprint density at radius 2 is 2.03 bits per heavy atom. The highest BCUT2D eigenvalue weighted by molar-refractivity contribution is 14.1. The molecule has 2 aromatic carbocycles. The molecule has 3 heterocycles. The molecular weight excluding hydrogens is 533 g/mol. The van der Waals surface area contributed by atoms with Crippen molar-refractivity contribution in [1.29, 1.82) is 0 Å². The van der Waals surface area contributed by atoms with Gasteiger partial charge in [-0.15, -0.1) is 10.2 Å². The van der Waals surface area contributed by atoms with Crippen molar-refractivity contribution in [2.75, 3.05) is 11.1 Å². The lowest BCUT2D eigenvalue weighted by atomic mass is 10.1. The highest BCUT2D eigenvalue weighted by Gasteiger charge is 2.13. The SMILES string of the molecule is O=C(CSc1nnc(-c2ccc3ncccc3c2)o1)Nc1nc2ccc(I)cc2s1. The van der Waals surface area contributed by atoms with Crippen LogP contribution in [0.3, 0.4) is 0 Å². The van der Waals surface area contributed by atoms with Gasteiger partial charge in [-0.2, -0.15) is 0 Å². The first-order valence-electron chi connectivity index (χ1n) is 8.81. The molecule has 30 heavy (non-hydrogen) atoms. The highest BCUT2D eigenvalue weighted by atomic mass is 127. The summed E-state index contributed by atoms with van der Waals surface area (Å²) in [5.74, 6) is 0.381. The number of thioether (sulfide) groups is 1. The summed E-state index contributed by atoms with van der Waals surface area (Å²) in [6.07, 6.45) is 1.75. The first kappa shape index (κ1) is 19.4. The van der Waals surface area contributed by atoms with Crippen LogP contribution in [0.2, 0.25) is 0 Å². The largest absolute Gasteiger partial charge is 0.411 e. The van der Waals surface area contributed by atoms with Gasteiger partial charge in [0, 0.05) is 20.7 Å². The van der Waals surface area contributed by atoms with E-state index in [1.165, 1.54) is 23.1 Å². The van der Waals surface area contributed by atoms with Crippen molar-refractivity contribution in [3.05, 3.63) is 58.3 Å². The zero-order chi connectivity index (χ0) is 20.5. The van der Waals surface area contributed by atoms with Crippen molar-refractivity contribution in [2.45, 2.75) is 5.22 Å². The van der Waals surface area contributed by atoms with Crippen molar-refractivity contribution in [1.82, 2.24) is 20.2 Å². The van der Waals surface area contributed by atoms with Gasteiger partial charge < -0.3 is 9.73 Å². The molecule has 0 radical (unpaired) electrons. The first-order valence-corrected chi connectivity index (χ1v) is 11.7. The number of thiazole rings is 1. The lowest BCUT2D eigenvalue weighted by Gasteiger charge is -1.99. The Balaban J connectivity index is 1.24. The zero-order valence-electron chi connectivity index (χ0n) is 15.2. The van der Waals surface area contributed by atoms with E-state index >= 15 is 0 Å². The summed E-state index contributed by atoms with van der Waals surface area (Å²) in [5, 5.41) is 12.9. The lowest BCUT2D eigenvalue weighted by Crippen LogP contribution is -2.13. The third-order valence-electron chi connectivity index (χ3n) is 4.18. The number of hydrogen-bond acceptors (Lipinski definition) is 8. The molecule has 0 bridgehead atoms. The van der Waals surface area contributed by atoms with Crippen LogP contribution in [0.15, 0.2) is 64.4 Å². The average Bonchev–Trinajstić information content (AvgIpc) is 3.38. The summed E-state index contributed by atoms with van der Waals surface area (Å²) in [5.41, 5.74) is 2.58. The van der Waals surface area contributed by atoms with Gasteiger partial charge in [0.15, 0.2) is 5.13 Å². The van der Waals surface area contributed by atoms with Gasteiger partial charge in [-0.3, -0.25) is 9.78 Å². The van der Waals surface area contributed by atoms with Crippen molar-refractivity contribution in [2.24, 2.45) is 0 Å². The molecule has 0 aliphatic rings. The van der Waals surface area contributed by atoms with E-state index in [0.717, 1.165) is 30.3 Å². The van der Waals surface area contributed by atoms with E-state index in [1.807, 2.05) is 48.5 Å². The standard InChI is InChI=1S/C20H12IN5O2S2/c21-13-4-6-15-16(9-13)30-19(23-15)24-17(27)10-29-20-26-25-18(28-20)12-3-5-14-11(8-12)2-1-7-22-14/h1-9H,10H2,(H,23,24,27). The first-order chi connectivity index (χ1) is 14.6. The summed E-state index contributed by atoms with van der Waals surface area (Å²) < 4.78 is 7.88. The number of rotatable bonds is 5. The van der Waals surface area contributed by atoms with E-state index in [-0.39, 0.29) is 11.7 Å².